The Labute approximate surface area is 297 Å². The van der Waals surface area contributed by atoms with Crippen LogP contribution in [0.3, 0.4) is 0 Å². The number of nitrogens with zero attached hydrogens (tertiary/aromatic N) is 4. The normalized spacial score (nSPS) is 12.3. The maximum atomic E-state index is 14.0. The fraction of sp³-hybridized carbons (Fsp3) is 0.0303. The maximum absolute atomic E-state index is 14.0. The summed E-state index contributed by atoms with van der Waals surface area (Å²) in [6.07, 6.45) is 0. The summed E-state index contributed by atoms with van der Waals surface area (Å²) < 4.78 is 70.0. The fourth-order valence-corrected chi connectivity index (χ4v) is 7.20. The van der Waals surface area contributed by atoms with Crippen LogP contribution in [0, 0.1) is 0 Å². The van der Waals surface area contributed by atoms with Gasteiger partial charge in [-0.25, -0.2) is 4.79 Å². The molecule has 0 radical (unpaired) electrons. The van der Waals surface area contributed by atoms with Crippen molar-refractivity contribution in [1.82, 2.24) is 19.5 Å². The molecule has 0 spiro atoms. The standard InChI is InChI=1S/C33H23N7O11S2/c1-40-23-9-8-20(28-27(23)19(14-26(40)41)17-4-2-3-5-18(17)29(28)42)35-22-13-16(7-11-25(22)53(49,50)51)34-31-37-32(39-33(45)38-31)36-21-12-15(30(43)44)6-10-24(21)52(46,47)48/h2-14,35H,1H3,(H,43,44)(H,46,47,48)(H,49,50,51)(H3,34,36,37,38,39,45). The van der Waals surface area contributed by atoms with E-state index in [1.807, 2.05) is 0 Å². The molecule has 0 atom stereocenters. The van der Waals surface area contributed by atoms with E-state index in [-0.39, 0.29) is 39.7 Å². The van der Waals surface area contributed by atoms with Crippen LogP contribution in [0.5, 0.6) is 6.01 Å². The number of rotatable bonds is 9. The number of hydrogen-bond acceptors (Lipinski definition) is 14. The molecule has 2 heterocycles. The molecule has 1 aliphatic carbocycles. The van der Waals surface area contributed by atoms with Crippen molar-refractivity contribution >= 4 is 77.5 Å². The van der Waals surface area contributed by atoms with Crippen LogP contribution in [-0.2, 0) is 27.3 Å². The predicted octanol–water partition coefficient (Wildman–Crippen LogP) is 4.06. The number of anilines is 6. The van der Waals surface area contributed by atoms with Gasteiger partial charge in [-0.1, -0.05) is 24.3 Å². The number of ketones is 1. The van der Waals surface area contributed by atoms with Crippen molar-refractivity contribution in [2.24, 2.45) is 7.05 Å². The molecular formula is C33H23N7O11S2. The zero-order chi connectivity index (χ0) is 38.0. The Bertz CT molecular complexity index is 2880. The number of pyridine rings is 1. The van der Waals surface area contributed by atoms with Crippen LogP contribution >= 0.6 is 0 Å². The highest BCUT2D eigenvalue weighted by Gasteiger charge is 2.30. The number of aromatic nitrogens is 4. The molecule has 0 saturated heterocycles. The maximum Gasteiger partial charge on any atom is 0.335 e. The first kappa shape index (κ1) is 34.7. The Morgan fingerprint density at radius 3 is 1.98 bits per heavy atom. The first-order chi connectivity index (χ1) is 25.0. The molecule has 0 amide bonds. The summed E-state index contributed by atoms with van der Waals surface area (Å²) in [4.78, 5) is 48.5. The average molecular weight is 758 g/mol. The molecule has 7 N–H and O–H groups in total. The van der Waals surface area contributed by atoms with Crippen molar-refractivity contribution in [3.8, 4) is 17.1 Å². The minimum absolute atomic E-state index is 0.0668. The highest BCUT2D eigenvalue weighted by Crippen LogP contribution is 2.42. The average Bonchev–Trinajstić information content (AvgIpc) is 3.08. The Balaban J connectivity index is 1.29. The van der Waals surface area contributed by atoms with Crippen molar-refractivity contribution in [2.45, 2.75) is 9.79 Å². The third-order valence-electron chi connectivity index (χ3n) is 8.26. The second-order valence-corrected chi connectivity index (χ2v) is 14.3. The zero-order valence-corrected chi connectivity index (χ0v) is 28.4. The van der Waals surface area contributed by atoms with E-state index in [0.29, 0.717) is 27.6 Å². The van der Waals surface area contributed by atoms with Crippen LogP contribution in [0.1, 0.15) is 26.3 Å². The summed E-state index contributed by atoms with van der Waals surface area (Å²) in [5.41, 5.74) is 0.810. The molecule has 20 heteroatoms. The van der Waals surface area contributed by atoms with E-state index in [0.717, 1.165) is 24.3 Å². The van der Waals surface area contributed by atoms with Gasteiger partial charge in [-0.2, -0.15) is 31.8 Å². The van der Waals surface area contributed by atoms with E-state index < -0.39 is 59.4 Å². The monoisotopic (exact) mass is 757 g/mol. The topological polar surface area (TPSA) is 280 Å². The lowest BCUT2D eigenvalue weighted by atomic mass is 9.83. The lowest BCUT2D eigenvalue weighted by Crippen LogP contribution is -2.21. The van der Waals surface area contributed by atoms with E-state index in [2.05, 4.69) is 30.9 Å². The molecular weight excluding hydrogens is 735 g/mol. The quantitative estimate of drug-likeness (QED) is 0.102. The molecule has 53 heavy (non-hydrogen) atoms. The third-order valence-corrected chi connectivity index (χ3v) is 10.1. The summed E-state index contributed by atoms with van der Waals surface area (Å²) in [5.74, 6) is -2.71. The van der Waals surface area contributed by atoms with Crippen LogP contribution in [0.2, 0.25) is 0 Å². The number of carbonyl (C=O) groups excluding carboxylic acids is 1. The number of aryl methyl sites for hydroxylation is 1. The van der Waals surface area contributed by atoms with Crippen molar-refractivity contribution < 1.29 is 45.7 Å². The van der Waals surface area contributed by atoms with Crippen LogP contribution in [0.25, 0.3) is 22.0 Å². The summed E-state index contributed by atoms with van der Waals surface area (Å²) in [6, 6.07) is 16.5. The van der Waals surface area contributed by atoms with Gasteiger partial charge in [0, 0.05) is 29.8 Å². The lowest BCUT2D eigenvalue weighted by molar-refractivity contribution is 0.0696. The number of fused-ring (bicyclic) bond motifs is 2. The largest absolute Gasteiger partial charge is 0.479 e. The number of aromatic hydroxyl groups is 1. The van der Waals surface area contributed by atoms with E-state index in [1.165, 1.54) is 28.8 Å². The van der Waals surface area contributed by atoms with E-state index in [4.69, 9.17) is 0 Å². The van der Waals surface area contributed by atoms with Gasteiger partial charge in [0.15, 0.2) is 5.78 Å². The highest BCUT2D eigenvalue weighted by atomic mass is 32.2. The van der Waals surface area contributed by atoms with Gasteiger partial charge in [0.2, 0.25) is 11.9 Å². The molecule has 0 unspecified atom stereocenters. The van der Waals surface area contributed by atoms with Crippen molar-refractivity contribution in [3.63, 3.8) is 0 Å². The zero-order valence-electron chi connectivity index (χ0n) is 26.8. The van der Waals surface area contributed by atoms with Crippen molar-refractivity contribution in [1.29, 1.82) is 0 Å². The first-order valence-corrected chi connectivity index (χ1v) is 17.9. The molecule has 4 aromatic carbocycles. The number of nitrogens with one attached hydrogen (secondary N) is 3. The predicted molar refractivity (Wildman–Crippen MR) is 189 cm³/mol. The molecule has 0 saturated carbocycles. The number of carbonyl (C=O) groups is 2. The van der Waals surface area contributed by atoms with E-state index in [1.54, 1.807) is 37.4 Å². The van der Waals surface area contributed by atoms with Crippen LogP contribution in [-0.4, -0.2) is 67.4 Å². The molecule has 268 valence electrons. The Morgan fingerprint density at radius 2 is 1.32 bits per heavy atom. The number of aromatic carboxylic acids is 1. The Kier molecular flexibility index (Phi) is 8.18. The smallest absolute Gasteiger partial charge is 0.335 e. The molecule has 2 aromatic heterocycles. The molecule has 0 fully saturated rings. The van der Waals surface area contributed by atoms with Gasteiger partial charge in [0.25, 0.3) is 25.8 Å². The first-order valence-electron chi connectivity index (χ1n) is 15.0. The summed E-state index contributed by atoms with van der Waals surface area (Å²) in [5, 5.41) is 28.1. The van der Waals surface area contributed by atoms with Gasteiger partial charge in [-0.05, 0) is 59.7 Å². The van der Waals surface area contributed by atoms with E-state index in [9.17, 15) is 50.5 Å². The van der Waals surface area contributed by atoms with Gasteiger partial charge in [-0.15, -0.1) is 0 Å². The third kappa shape index (κ3) is 6.38. The van der Waals surface area contributed by atoms with Gasteiger partial charge >= 0.3 is 12.0 Å². The van der Waals surface area contributed by atoms with Crippen molar-refractivity contribution in [2.75, 3.05) is 16.0 Å². The molecule has 0 aliphatic heterocycles. The summed E-state index contributed by atoms with van der Waals surface area (Å²) >= 11 is 0. The van der Waals surface area contributed by atoms with Gasteiger partial charge in [0.05, 0.1) is 33.7 Å². The second-order valence-electron chi connectivity index (χ2n) is 11.5. The molecule has 18 nitrogen and oxygen atoms in total. The molecule has 6 aromatic rings. The van der Waals surface area contributed by atoms with Crippen LogP contribution in [0.4, 0.5) is 34.6 Å². The number of benzene rings is 4. The second kappa shape index (κ2) is 12.5. The van der Waals surface area contributed by atoms with Gasteiger partial charge in [0.1, 0.15) is 9.79 Å². The lowest BCUT2D eigenvalue weighted by Gasteiger charge is -2.24. The molecule has 7 rings (SSSR count). The highest BCUT2D eigenvalue weighted by molar-refractivity contribution is 7.86. The van der Waals surface area contributed by atoms with Gasteiger partial charge < -0.3 is 30.7 Å². The van der Waals surface area contributed by atoms with Gasteiger partial charge in [-0.3, -0.25) is 18.7 Å². The molecule has 1 aliphatic rings. The summed E-state index contributed by atoms with van der Waals surface area (Å²) in [7, 11) is -8.19. The fourth-order valence-electron chi connectivity index (χ4n) is 5.95. The van der Waals surface area contributed by atoms with Crippen LogP contribution in [0.15, 0.2) is 93.4 Å². The van der Waals surface area contributed by atoms with Crippen LogP contribution < -0.4 is 21.5 Å². The summed E-state index contributed by atoms with van der Waals surface area (Å²) in [6.45, 7) is 0. The Morgan fingerprint density at radius 1 is 0.698 bits per heavy atom. The number of carboxylic acids is 1. The minimum atomic E-state index is -4.87. The Hall–Kier alpha value is -6.74. The molecule has 0 bridgehead atoms. The van der Waals surface area contributed by atoms with E-state index >= 15 is 0 Å². The van der Waals surface area contributed by atoms with Crippen molar-refractivity contribution in [3.05, 3.63) is 106 Å². The number of carboxylic acid groups (broad SMARTS) is 1. The minimum Gasteiger partial charge on any atom is -0.479 e. The SMILES string of the molecule is Cn1c(=O)cc2c3c(c(Nc4cc(Nc5nc(O)nc(Nc6cc(C(=O)O)ccc6S(=O)(=O)O)n5)ccc4S(=O)(=O)O)ccc31)C(=O)c1ccccc1-2. The number of hydrogen-bond donors (Lipinski definition) is 7.